The van der Waals surface area contributed by atoms with Crippen molar-refractivity contribution in [2.24, 2.45) is 5.92 Å². The van der Waals surface area contributed by atoms with E-state index in [2.05, 4.69) is 0 Å². The number of hydrogen-bond donors (Lipinski definition) is 0. The van der Waals surface area contributed by atoms with Crippen LogP contribution in [0.1, 0.15) is 6.42 Å². The zero-order valence-corrected chi connectivity index (χ0v) is 14.4. The Morgan fingerprint density at radius 3 is 2.29 bits per heavy atom. The molecule has 130 valence electrons. The van der Waals surface area contributed by atoms with Gasteiger partial charge in [-0.25, -0.2) is 8.42 Å². The predicted octanol–water partition coefficient (Wildman–Crippen LogP) is 0.143. The van der Waals surface area contributed by atoms with E-state index in [9.17, 15) is 18.0 Å². The van der Waals surface area contributed by atoms with Crippen LogP contribution in [0, 0.1) is 5.92 Å². The monoisotopic (exact) mass is 351 g/mol. The van der Waals surface area contributed by atoms with Gasteiger partial charge in [0.15, 0.2) is 0 Å². The van der Waals surface area contributed by atoms with E-state index in [4.69, 9.17) is 0 Å². The molecule has 2 saturated heterocycles. The van der Waals surface area contributed by atoms with E-state index in [0.717, 1.165) is 5.69 Å². The highest BCUT2D eigenvalue weighted by atomic mass is 32.2. The van der Waals surface area contributed by atoms with Crippen LogP contribution in [0.2, 0.25) is 0 Å². The Bertz CT molecular complexity index is 727. The van der Waals surface area contributed by atoms with Crippen LogP contribution in [-0.4, -0.2) is 68.4 Å². The van der Waals surface area contributed by atoms with Gasteiger partial charge < -0.3 is 9.80 Å². The van der Waals surface area contributed by atoms with Crippen molar-refractivity contribution in [1.29, 1.82) is 0 Å². The van der Waals surface area contributed by atoms with Crippen LogP contribution >= 0.6 is 0 Å². The quantitative estimate of drug-likeness (QED) is 0.776. The molecule has 2 aliphatic heterocycles. The third kappa shape index (κ3) is 3.44. The Morgan fingerprint density at radius 1 is 1.08 bits per heavy atom. The molecular formula is C16H21N3O4S. The van der Waals surface area contributed by atoms with Gasteiger partial charge in [0.05, 0.1) is 12.2 Å². The van der Waals surface area contributed by atoms with Gasteiger partial charge in [-0.2, -0.15) is 4.31 Å². The molecule has 2 aliphatic rings. The Kier molecular flexibility index (Phi) is 4.60. The van der Waals surface area contributed by atoms with Gasteiger partial charge in [-0.15, -0.1) is 0 Å². The highest BCUT2D eigenvalue weighted by Gasteiger charge is 2.38. The lowest BCUT2D eigenvalue weighted by molar-refractivity contribution is -0.136. The number of benzene rings is 1. The van der Waals surface area contributed by atoms with Crippen molar-refractivity contribution >= 4 is 27.5 Å². The van der Waals surface area contributed by atoms with E-state index >= 15 is 0 Å². The molecule has 0 aliphatic carbocycles. The van der Waals surface area contributed by atoms with Crippen LogP contribution in [-0.2, 0) is 19.6 Å². The van der Waals surface area contributed by atoms with Gasteiger partial charge in [0.25, 0.3) is 0 Å². The topological polar surface area (TPSA) is 78.0 Å². The standard InChI is InChI=1S/C16H21N3O4S/c1-24(22,23)18-9-7-17(8-10-18)16(21)13-11-15(20)19(12-13)14-5-3-2-4-6-14/h2-6,13H,7-12H2,1H3. The molecule has 2 fully saturated rings. The molecular weight excluding hydrogens is 330 g/mol. The SMILES string of the molecule is CS(=O)(=O)N1CCN(C(=O)C2CC(=O)N(c3ccccc3)C2)CC1. The number of sulfonamides is 1. The first-order chi connectivity index (χ1) is 11.4. The summed E-state index contributed by atoms with van der Waals surface area (Å²) in [5, 5.41) is 0. The van der Waals surface area contributed by atoms with Gasteiger partial charge in [-0.05, 0) is 12.1 Å². The molecule has 7 nitrogen and oxygen atoms in total. The highest BCUT2D eigenvalue weighted by Crippen LogP contribution is 2.26. The molecule has 0 radical (unpaired) electrons. The number of anilines is 1. The number of piperazine rings is 1. The molecule has 1 atom stereocenters. The molecule has 0 aromatic heterocycles. The summed E-state index contributed by atoms with van der Waals surface area (Å²) in [4.78, 5) is 28.2. The van der Waals surface area contributed by atoms with Crippen molar-refractivity contribution < 1.29 is 18.0 Å². The summed E-state index contributed by atoms with van der Waals surface area (Å²) in [6.45, 7) is 1.76. The summed E-state index contributed by atoms with van der Waals surface area (Å²) >= 11 is 0. The maximum atomic E-state index is 12.7. The van der Waals surface area contributed by atoms with Crippen LogP contribution in [0.5, 0.6) is 0 Å². The summed E-state index contributed by atoms with van der Waals surface area (Å²) < 4.78 is 24.4. The van der Waals surface area contributed by atoms with Crippen molar-refractivity contribution in [3.63, 3.8) is 0 Å². The van der Waals surface area contributed by atoms with E-state index in [1.165, 1.54) is 10.6 Å². The van der Waals surface area contributed by atoms with Crippen LogP contribution < -0.4 is 4.90 Å². The van der Waals surface area contributed by atoms with E-state index in [-0.39, 0.29) is 24.2 Å². The second kappa shape index (κ2) is 6.52. The van der Waals surface area contributed by atoms with Crippen molar-refractivity contribution in [3.05, 3.63) is 30.3 Å². The Morgan fingerprint density at radius 2 is 1.71 bits per heavy atom. The Labute approximate surface area is 141 Å². The third-order valence-corrected chi connectivity index (χ3v) is 5.86. The number of para-hydroxylation sites is 1. The normalized spacial score (nSPS) is 22.9. The first-order valence-electron chi connectivity index (χ1n) is 7.95. The lowest BCUT2D eigenvalue weighted by atomic mass is 10.1. The summed E-state index contributed by atoms with van der Waals surface area (Å²) in [5.74, 6) is -0.466. The van der Waals surface area contributed by atoms with Gasteiger partial charge in [0, 0.05) is 44.8 Å². The van der Waals surface area contributed by atoms with Crippen LogP contribution in [0.25, 0.3) is 0 Å². The fraction of sp³-hybridized carbons (Fsp3) is 0.500. The van der Waals surface area contributed by atoms with Crippen LogP contribution in [0.3, 0.4) is 0 Å². The zero-order chi connectivity index (χ0) is 17.3. The molecule has 3 rings (SSSR count). The molecule has 1 unspecified atom stereocenters. The lowest BCUT2D eigenvalue weighted by Gasteiger charge is -2.34. The summed E-state index contributed by atoms with van der Waals surface area (Å²) in [6.07, 6.45) is 1.39. The first-order valence-corrected chi connectivity index (χ1v) is 9.80. The molecule has 1 aromatic carbocycles. The summed E-state index contributed by atoms with van der Waals surface area (Å²) in [7, 11) is -3.21. The van der Waals surface area contributed by atoms with Gasteiger partial charge in [-0.1, -0.05) is 18.2 Å². The van der Waals surface area contributed by atoms with Crippen LogP contribution in [0.15, 0.2) is 30.3 Å². The fourth-order valence-corrected chi connectivity index (χ4v) is 4.06. The van der Waals surface area contributed by atoms with E-state index in [0.29, 0.717) is 32.7 Å². The Hall–Kier alpha value is -1.93. The average molecular weight is 351 g/mol. The second-order valence-corrected chi connectivity index (χ2v) is 8.21. The third-order valence-electron chi connectivity index (χ3n) is 4.56. The Balaban J connectivity index is 1.62. The second-order valence-electron chi connectivity index (χ2n) is 6.23. The number of nitrogens with zero attached hydrogens (tertiary/aromatic N) is 3. The molecule has 1 aromatic rings. The number of carbonyl (C=O) groups is 2. The summed E-state index contributed by atoms with van der Waals surface area (Å²) in [5.41, 5.74) is 0.805. The van der Waals surface area contributed by atoms with Crippen molar-refractivity contribution in [1.82, 2.24) is 9.21 Å². The first kappa shape index (κ1) is 16.9. The zero-order valence-electron chi connectivity index (χ0n) is 13.6. The van der Waals surface area contributed by atoms with Gasteiger partial charge in [-0.3, -0.25) is 9.59 Å². The molecule has 8 heteroatoms. The molecule has 0 spiro atoms. The van der Waals surface area contributed by atoms with Gasteiger partial charge >= 0.3 is 0 Å². The maximum absolute atomic E-state index is 12.7. The molecule has 0 bridgehead atoms. The summed E-state index contributed by atoms with van der Waals surface area (Å²) in [6, 6.07) is 9.32. The largest absolute Gasteiger partial charge is 0.340 e. The molecule has 24 heavy (non-hydrogen) atoms. The number of hydrogen-bond acceptors (Lipinski definition) is 4. The minimum absolute atomic E-state index is 0.0469. The fourth-order valence-electron chi connectivity index (χ4n) is 3.23. The van der Waals surface area contributed by atoms with Crippen molar-refractivity contribution in [2.75, 3.05) is 43.9 Å². The van der Waals surface area contributed by atoms with Gasteiger partial charge in [0.1, 0.15) is 0 Å². The van der Waals surface area contributed by atoms with E-state index < -0.39 is 10.0 Å². The highest BCUT2D eigenvalue weighted by molar-refractivity contribution is 7.88. The molecule has 0 N–H and O–H groups in total. The van der Waals surface area contributed by atoms with E-state index in [1.807, 2.05) is 30.3 Å². The lowest BCUT2D eigenvalue weighted by Crippen LogP contribution is -2.51. The number of carbonyl (C=O) groups excluding carboxylic acids is 2. The molecule has 2 amide bonds. The molecule has 2 heterocycles. The number of amides is 2. The molecule has 0 saturated carbocycles. The number of rotatable bonds is 3. The van der Waals surface area contributed by atoms with Crippen molar-refractivity contribution in [2.45, 2.75) is 6.42 Å². The van der Waals surface area contributed by atoms with Gasteiger partial charge in [0.2, 0.25) is 21.8 Å². The predicted molar refractivity (Wildman–Crippen MR) is 89.9 cm³/mol. The van der Waals surface area contributed by atoms with Crippen molar-refractivity contribution in [3.8, 4) is 0 Å². The van der Waals surface area contributed by atoms with Crippen LogP contribution in [0.4, 0.5) is 5.69 Å². The average Bonchev–Trinajstić information content (AvgIpc) is 2.96. The van der Waals surface area contributed by atoms with E-state index in [1.54, 1.807) is 9.80 Å². The smallest absolute Gasteiger partial charge is 0.228 e. The minimum atomic E-state index is -3.21. The minimum Gasteiger partial charge on any atom is -0.340 e. The maximum Gasteiger partial charge on any atom is 0.228 e.